The van der Waals surface area contributed by atoms with Gasteiger partial charge in [-0.05, 0) is 61.3 Å². The second-order valence-corrected chi connectivity index (χ2v) is 7.87. The zero-order valence-corrected chi connectivity index (χ0v) is 17.6. The zero-order chi connectivity index (χ0) is 22.9. The molecule has 0 spiro atoms. The number of halogens is 3. The molecule has 0 amide bonds. The highest BCUT2D eigenvalue weighted by atomic mass is 19.4. The summed E-state index contributed by atoms with van der Waals surface area (Å²) in [7, 11) is 0. The van der Waals surface area contributed by atoms with E-state index in [1.807, 2.05) is 13.0 Å². The number of rotatable bonds is 5. The Bertz CT molecular complexity index is 1140. The molecule has 32 heavy (non-hydrogen) atoms. The van der Waals surface area contributed by atoms with Crippen LogP contribution >= 0.6 is 0 Å². The summed E-state index contributed by atoms with van der Waals surface area (Å²) in [6, 6.07) is 1.96. The van der Waals surface area contributed by atoms with Gasteiger partial charge in [0.2, 0.25) is 18.2 Å². The van der Waals surface area contributed by atoms with E-state index in [4.69, 9.17) is 5.73 Å². The summed E-state index contributed by atoms with van der Waals surface area (Å²) in [6.07, 6.45) is 3.20. The minimum Gasteiger partial charge on any atom is -0.330 e. The third-order valence-corrected chi connectivity index (χ3v) is 5.54. The Morgan fingerprint density at radius 2 is 2.00 bits per heavy atom. The number of hydrogen-bond donors (Lipinski definition) is 3. The second kappa shape index (κ2) is 8.70. The Morgan fingerprint density at radius 1 is 1.19 bits per heavy atom. The minimum atomic E-state index is -4.40. The van der Waals surface area contributed by atoms with Crippen LogP contribution in [0.4, 0.5) is 24.8 Å². The summed E-state index contributed by atoms with van der Waals surface area (Å²) in [4.78, 5) is 13.2. The van der Waals surface area contributed by atoms with E-state index < -0.39 is 11.7 Å². The van der Waals surface area contributed by atoms with E-state index in [1.54, 1.807) is 18.5 Å². The number of pyridine rings is 1. The molecule has 2 aliphatic rings. The summed E-state index contributed by atoms with van der Waals surface area (Å²) < 4.78 is 40.6. The van der Waals surface area contributed by atoms with Crippen molar-refractivity contribution in [2.45, 2.75) is 45.3 Å². The average Bonchev–Trinajstić information content (AvgIpc) is 2.88. The van der Waals surface area contributed by atoms with Gasteiger partial charge in [-0.25, -0.2) is 9.97 Å². The lowest BCUT2D eigenvalue weighted by molar-refractivity contribution is -0.787. The van der Waals surface area contributed by atoms with Gasteiger partial charge in [0.15, 0.2) is 0 Å². The molecule has 0 radical (unpaired) electrons. The van der Waals surface area contributed by atoms with Gasteiger partial charge in [-0.3, -0.25) is 10.2 Å². The van der Waals surface area contributed by atoms with E-state index in [1.165, 1.54) is 0 Å². The Labute approximate surface area is 183 Å². The fourth-order valence-corrected chi connectivity index (χ4v) is 3.76. The fourth-order valence-electron chi connectivity index (χ4n) is 3.76. The molecule has 3 heterocycles. The van der Waals surface area contributed by atoms with Crippen molar-refractivity contribution in [1.82, 2.24) is 15.0 Å². The number of anilines is 2. The minimum absolute atomic E-state index is 0.0926. The topological polar surface area (TPSA) is 100.0 Å². The monoisotopic (exact) mass is 445 g/mol. The largest absolute Gasteiger partial charge is 0.412 e. The number of nitrogens with one attached hydrogen (secondary N) is 1. The summed E-state index contributed by atoms with van der Waals surface area (Å²) in [6.45, 7) is 2.54. The van der Waals surface area contributed by atoms with E-state index in [2.05, 4.69) is 20.3 Å². The van der Waals surface area contributed by atoms with Crippen molar-refractivity contribution in [1.29, 1.82) is 0 Å². The van der Waals surface area contributed by atoms with Gasteiger partial charge in [0.05, 0.1) is 22.6 Å². The van der Waals surface area contributed by atoms with Crippen LogP contribution in [0.5, 0.6) is 0 Å². The lowest BCUT2D eigenvalue weighted by Gasteiger charge is -2.16. The van der Waals surface area contributed by atoms with Gasteiger partial charge in [0, 0.05) is 30.0 Å². The molecule has 4 N–H and O–H groups in total. The maximum atomic E-state index is 13.2. The normalized spacial score (nSPS) is 16.0. The molecule has 0 fully saturated rings. The van der Waals surface area contributed by atoms with Crippen LogP contribution in [0, 0.1) is 6.92 Å². The molecule has 0 aromatic carbocycles. The molecular weight excluding hydrogens is 421 g/mol. The molecule has 1 aliphatic carbocycles. The number of fused-ring (bicyclic) bond motifs is 2. The Kier molecular flexibility index (Phi) is 5.96. The molecule has 7 nitrogen and oxygen atoms in total. The first kappa shape index (κ1) is 21.9. The quantitative estimate of drug-likeness (QED) is 0.478. The number of aromatic nitrogens is 3. The number of hydroxylamine groups is 1. The highest BCUT2D eigenvalue weighted by Crippen LogP contribution is 2.35. The number of allylic oxidation sites excluding steroid dienone is 3. The van der Waals surface area contributed by atoms with E-state index in [0.29, 0.717) is 35.0 Å². The van der Waals surface area contributed by atoms with Crippen molar-refractivity contribution in [3.05, 3.63) is 58.2 Å². The van der Waals surface area contributed by atoms with Crippen LogP contribution in [-0.2, 0) is 13.0 Å². The van der Waals surface area contributed by atoms with Crippen LogP contribution in [0.25, 0.3) is 6.08 Å². The van der Waals surface area contributed by atoms with Gasteiger partial charge in [-0.2, -0.15) is 13.2 Å². The summed E-state index contributed by atoms with van der Waals surface area (Å²) in [5.41, 5.74) is 9.32. The van der Waals surface area contributed by atoms with Gasteiger partial charge in [-0.15, -0.1) is 0 Å². The number of alkyl halides is 3. The van der Waals surface area contributed by atoms with Gasteiger partial charge in [-0.1, -0.05) is 0 Å². The van der Waals surface area contributed by atoms with Crippen molar-refractivity contribution in [3.8, 4) is 0 Å². The Morgan fingerprint density at radius 3 is 2.75 bits per heavy atom. The molecule has 0 saturated heterocycles. The molecule has 4 rings (SSSR count). The highest BCUT2D eigenvalue weighted by molar-refractivity contribution is 6.04. The number of nitrogens with zero attached hydrogens (tertiary/aromatic N) is 4. The van der Waals surface area contributed by atoms with Gasteiger partial charge >= 0.3 is 6.18 Å². The van der Waals surface area contributed by atoms with Crippen LogP contribution in [0.15, 0.2) is 35.7 Å². The first-order valence-electron chi connectivity index (χ1n) is 10.3. The lowest BCUT2D eigenvalue weighted by atomic mass is 9.92. The van der Waals surface area contributed by atoms with Crippen LogP contribution < -0.4 is 11.1 Å². The maximum absolute atomic E-state index is 13.2. The Balaban J connectivity index is 1.67. The van der Waals surface area contributed by atoms with Crippen LogP contribution in [-0.4, -0.2) is 43.3 Å². The van der Waals surface area contributed by atoms with Gasteiger partial charge < -0.3 is 11.1 Å². The summed E-state index contributed by atoms with van der Waals surface area (Å²) in [5.74, 6) is 0.297. The van der Waals surface area contributed by atoms with E-state index in [-0.39, 0.29) is 19.4 Å². The standard InChI is InChI=1S/C22H24F3N6O/c1-13-18(7-14(10-27-13)3-2-6-26)29-21-28-11-16-12-31(32)20-5-4-17(22(23,24)25)8-15(20)9-19(16)30-21/h7-11,32H,2-6,12,26H2,1H3,(H,28,29,30)/q+1. The molecule has 0 unspecified atom stereocenters. The van der Waals surface area contributed by atoms with Gasteiger partial charge in [0.25, 0.3) is 0 Å². The van der Waals surface area contributed by atoms with Crippen LogP contribution in [0.2, 0.25) is 0 Å². The first-order chi connectivity index (χ1) is 15.2. The van der Waals surface area contributed by atoms with E-state index in [9.17, 15) is 18.4 Å². The lowest BCUT2D eigenvalue weighted by Crippen LogP contribution is -2.24. The molecule has 10 heteroatoms. The SMILES string of the molecule is Cc1ncc(CCCN)cc1Nc1ncc2c(n1)C=C1C=C(C(F)(F)F)CCC1=[N+](O)C2. The Hall–Kier alpha value is -3.27. The fraction of sp³-hybridized carbons (Fsp3) is 0.364. The number of nitrogens with two attached hydrogens (primary N) is 1. The third kappa shape index (κ3) is 4.64. The third-order valence-electron chi connectivity index (χ3n) is 5.54. The molecule has 0 atom stereocenters. The predicted molar refractivity (Wildman–Crippen MR) is 114 cm³/mol. The summed E-state index contributed by atoms with van der Waals surface area (Å²) >= 11 is 0. The van der Waals surface area contributed by atoms with Crippen molar-refractivity contribution in [2.75, 3.05) is 11.9 Å². The molecule has 1 aliphatic heterocycles. The van der Waals surface area contributed by atoms with E-state index >= 15 is 0 Å². The molecule has 2 aromatic rings. The van der Waals surface area contributed by atoms with Crippen molar-refractivity contribution >= 4 is 23.4 Å². The smallest absolute Gasteiger partial charge is 0.330 e. The highest BCUT2D eigenvalue weighted by Gasteiger charge is 2.38. The molecule has 0 bridgehead atoms. The van der Waals surface area contributed by atoms with Crippen LogP contribution in [0.1, 0.15) is 41.8 Å². The van der Waals surface area contributed by atoms with Crippen molar-refractivity contribution in [2.24, 2.45) is 5.73 Å². The zero-order valence-electron chi connectivity index (χ0n) is 17.6. The van der Waals surface area contributed by atoms with Gasteiger partial charge in [0.1, 0.15) is 0 Å². The second-order valence-electron chi connectivity index (χ2n) is 7.87. The first-order valence-corrected chi connectivity index (χ1v) is 10.3. The number of hydrogen-bond acceptors (Lipinski definition) is 6. The molecular formula is C22H24F3N6O+. The molecule has 0 saturated carbocycles. The van der Waals surface area contributed by atoms with Crippen molar-refractivity contribution < 1.29 is 23.1 Å². The van der Waals surface area contributed by atoms with E-state index in [0.717, 1.165) is 40.6 Å². The number of aryl methyl sites for hydroxylation is 2. The predicted octanol–water partition coefficient (Wildman–Crippen LogP) is 3.84. The summed E-state index contributed by atoms with van der Waals surface area (Å²) in [5, 5.41) is 13.6. The van der Waals surface area contributed by atoms with Crippen LogP contribution in [0.3, 0.4) is 0 Å². The molecule has 2 aromatic heterocycles. The van der Waals surface area contributed by atoms with Crippen molar-refractivity contribution in [3.63, 3.8) is 0 Å². The molecule has 168 valence electrons. The average molecular weight is 445 g/mol. The maximum Gasteiger partial charge on any atom is 0.412 e.